The number of nitrogens with zero attached hydrogens (tertiary/aromatic N) is 1. The fraction of sp³-hybridized carbons (Fsp3) is 0.500. The summed E-state index contributed by atoms with van der Waals surface area (Å²) in [4.78, 5) is 10.8. The summed E-state index contributed by atoms with van der Waals surface area (Å²) in [6, 6.07) is 0. The molecule has 1 fully saturated rings. The summed E-state index contributed by atoms with van der Waals surface area (Å²) in [5.74, 6) is -0.748. The summed E-state index contributed by atoms with van der Waals surface area (Å²) in [5, 5.41) is 8.85. The lowest BCUT2D eigenvalue weighted by atomic mass is 10.2. The monoisotopic (exact) mass is 154 g/mol. The summed E-state index contributed by atoms with van der Waals surface area (Å²) >= 11 is 0. The molecule has 0 aromatic rings. The molecular weight excluding hydrogens is 142 g/mol. The van der Waals surface area contributed by atoms with Gasteiger partial charge in [-0.05, 0) is 0 Å². The van der Waals surface area contributed by atoms with Gasteiger partial charge in [0.05, 0.1) is 5.92 Å². The van der Waals surface area contributed by atoms with Crippen molar-refractivity contribution in [3.63, 3.8) is 0 Å². The van der Waals surface area contributed by atoms with E-state index in [2.05, 4.69) is 13.3 Å². The van der Waals surface area contributed by atoms with Crippen LogP contribution < -0.4 is 0 Å². The normalized spacial score (nSPS) is 34.5. The Morgan fingerprint density at radius 3 is 2.55 bits per heavy atom. The zero-order chi connectivity index (χ0) is 8.65. The van der Waals surface area contributed by atoms with Crippen LogP contribution in [-0.4, -0.2) is 35.0 Å². The lowest BCUT2D eigenvalue weighted by Gasteiger charge is -2.04. The standard InChI is InChI=1S/C8H11NO2/c1-4-6-5-8(6,7(10)11)9(2)3/h4,6H,1-2,5H2,3H3/p+1. The molecule has 1 aliphatic carbocycles. The van der Waals surface area contributed by atoms with E-state index in [0.29, 0.717) is 6.42 Å². The smallest absolute Gasteiger partial charge is 0.376 e. The van der Waals surface area contributed by atoms with Gasteiger partial charge in [-0.1, -0.05) is 6.08 Å². The van der Waals surface area contributed by atoms with Crippen LogP contribution in [0.15, 0.2) is 12.7 Å². The highest BCUT2D eigenvalue weighted by Crippen LogP contribution is 2.46. The quantitative estimate of drug-likeness (QED) is 0.362. The van der Waals surface area contributed by atoms with Gasteiger partial charge < -0.3 is 5.11 Å². The Kier molecular flexibility index (Phi) is 1.59. The van der Waals surface area contributed by atoms with Crippen molar-refractivity contribution in [2.75, 3.05) is 7.05 Å². The highest BCUT2D eigenvalue weighted by atomic mass is 16.4. The first-order valence-electron chi connectivity index (χ1n) is 3.46. The van der Waals surface area contributed by atoms with E-state index in [1.54, 1.807) is 13.1 Å². The fourth-order valence-electron chi connectivity index (χ4n) is 1.40. The Morgan fingerprint density at radius 2 is 2.45 bits per heavy atom. The van der Waals surface area contributed by atoms with Crippen LogP contribution in [0.5, 0.6) is 0 Å². The van der Waals surface area contributed by atoms with Gasteiger partial charge in [0, 0.05) is 6.42 Å². The second-order valence-corrected chi connectivity index (χ2v) is 2.97. The number of likely N-dealkylation sites (N-methyl/N-ethyl adjacent to an activating group) is 1. The molecule has 0 saturated heterocycles. The molecule has 3 heteroatoms. The van der Waals surface area contributed by atoms with Crippen molar-refractivity contribution in [1.82, 2.24) is 0 Å². The van der Waals surface area contributed by atoms with Gasteiger partial charge in [-0.3, -0.25) is 0 Å². The van der Waals surface area contributed by atoms with Crippen molar-refractivity contribution in [3.05, 3.63) is 12.7 Å². The van der Waals surface area contributed by atoms with Crippen molar-refractivity contribution in [3.8, 4) is 0 Å². The van der Waals surface area contributed by atoms with E-state index in [0.717, 1.165) is 0 Å². The number of hydrogen-bond donors (Lipinski definition) is 1. The number of carboxylic acid groups (broad SMARTS) is 1. The third-order valence-electron chi connectivity index (χ3n) is 2.32. The molecule has 0 aliphatic heterocycles. The van der Waals surface area contributed by atoms with Crippen LogP contribution in [0.3, 0.4) is 0 Å². The van der Waals surface area contributed by atoms with E-state index >= 15 is 0 Å². The Bertz CT molecular complexity index is 218. The largest absolute Gasteiger partial charge is 0.476 e. The summed E-state index contributed by atoms with van der Waals surface area (Å²) in [6.45, 7) is 7.16. The first kappa shape index (κ1) is 7.98. The van der Waals surface area contributed by atoms with Crippen molar-refractivity contribution in [2.24, 2.45) is 5.92 Å². The van der Waals surface area contributed by atoms with Gasteiger partial charge in [-0.2, -0.15) is 0 Å². The van der Waals surface area contributed by atoms with Crippen molar-refractivity contribution in [2.45, 2.75) is 12.0 Å². The maximum absolute atomic E-state index is 10.8. The average Bonchev–Trinajstić information content (AvgIpc) is 2.61. The van der Waals surface area contributed by atoms with Gasteiger partial charge in [0.15, 0.2) is 0 Å². The van der Waals surface area contributed by atoms with Crippen LogP contribution in [0.4, 0.5) is 0 Å². The van der Waals surface area contributed by atoms with Crippen LogP contribution in [0.2, 0.25) is 0 Å². The van der Waals surface area contributed by atoms with Crippen molar-refractivity contribution < 1.29 is 14.5 Å². The van der Waals surface area contributed by atoms with Crippen LogP contribution in [0, 0.1) is 5.92 Å². The van der Waals surface area contributed by atoms with Crippen LogP contribution >= 0.6 is 0 Å². The lowest BCUT2D eigenvalue weighted by molar-refractivity contribution is -0.535. The van der Waals surface area contributed by atoms with Crippen LogP contribution in [-0.2, 0) is 4.79 Å². The number of carbonyl (C=O) groups is 1. The highest BCUT2D eigenvalue weighted by Gasteiger charge is 2.67. The van der Waals surface area contributed by atoms with Gasteiger partial charge >= 0.3 is 5.97 Å². The molecule has 2 atom stereocenters. The van der Waals surface area contributed by atoms with E-state index in [4.69, 9.17) is 5.11 Å². The molecule has 0 heterocycles. The molecule has 11 heavy (non-hydrogen) atoms. The van der Waals surface area contributed by atoms with Gasteiger partial charge in [0.25, 0.3) is 5.54 Å². The zero-order valence-corrected chi connectivity index (χ0v) is 6.58. The molecule has 1 aliphatic rings. The highest BCUT2D eigenvalue weighted by molar-refractivity contribution is 5.82. The van der Waals surface area contributed by atoms with Crippen LogP contribution in [0.25, 0.3) is 0 Å². The summed E-state index contributed by atoms with van der Waals surface area (Å²) < 4.78 is 1.50. The maximum Gasteiger partial charge on any atom is 0.376 e. The van der Waals surface area contributed by atoms with E-state index in [1.807, 2.05) is 0 Å². The molecule has 1 rings (SSSR count). The second kappa shape index (κ2) is 2.19. The number of rotatable bonds is 3. The second-order valence-electron chi connectivity index (χ2n) is 2.97. The van der Waals surface area contributed by atoms with Crippen molar-refractivity contribution in [1.29, 1.82) is 0 Å². The Hall–Kier alpha value is -1.12. The first-order chi connectivity index (χ1) is 5.05. The molecule has 0 aromatic heterocycles. The molecule has 60 valence electrons. The molecule has 1 N–H and O–H groups in total. The minimum Gasteiger partial charge on any atom is -0.476 e. The third kappa shape index (κ3) is 0.878. The fourth-order valence-corrected chi connectivity index (χ4v) is 1.40. The van der Waals surface area contributed by atoms with Crippen LogP contribution in [0.1, 0.15) is 6.42 Å². The predicted molar refractivity (Wildman–Crippen MR) is 42.0 cm³/mol. The molecule has 3 nitrogen and oxygen atoms in total. The molecule has 1 saturated carbocycles. The minimum atomic E-state index is -0.806. The van der Waals surface area contributed by atoms with Crippen molar-refractivity contribution >= 4 is 12.7 Å². The third-order valence-corrected chi connectivity index (χ3v) is 2.32. The molecule has 2 unspecified atom stereocenters. The summed E-state index contributed by atoms with van der Waals surface area (Å²) in [5.41, 5.74) is -0.762. The molecule has 0 bridgehead atoms. The molecular formula is C8H12NO2+. The van der Waals surface area contributed by atoms with Gasteiger partial charge in [0.2, 0.25) is 0 Å². The van der Waals surface area contributed by atoms with E-state index in [9.17, 15) is 4.79 Å². The van der Waals surface area contributed by atoms with Gasteiger partial charge in [0.1, 0.15) is 13.8 Å². The summed E-state index contributed by atoms with van der Waals surface area (Å²) in [7, 11) is 1.68. The van der Waals surface area contributed by atoms with E-state index in [-0.39, 0.29) is 5.92 Å². The van der Waals surface area contributed by atoms with E-state index < -0.39 is 11.5 Å². The number of carboxylic acids is 1. The Morgan fingerprint density at radius 1 is 1.91 bits per heavy atom. The Balaban J connectivity index is 2.87. The SMILES string of the molecule is C=CC1CC1(C(=O)O)[N+](=C)C. The predicted octanol–water partition coefficient (Wildman–Crippen LogP) is 0.359. The topological polar surface area (TPSA) is 40.3 Å². The maximum atomic E-state index is 10.8. The van der Waals surface area contributed by atoms with E-state index in [1.165, 1.54) is 4.58 Å². The molecule has 0 amide bonds. The first-order valence-corrected chi connectivity index (χ1v) is 3.46. The molecule has 0 radical (unpaired) electrons. The average molecular weight is 154 g/mol. The Labute approximate surface area is 65.7 Å². The van der Waals surface area contributed by atoms with Gasteiger partial charge in [-0.25, -0.2) is 9.37 Å². The van der Waals surface area contributed by atoms with Gasteiger partial charge in [-0.15, -0.1) is 6.58 Å². The summed E-state index contributed by atoms with van der Waals surface area (Å²) in [6.07, 6.45) is 2.31. The lowest BCUT2D eigenvalue weighted by Crippen LogP contribution is -2.35. The minimum absolute atomic E-state index is 0.0579. The number of aliphatic carboxylic acids is 1. The number of hydrogen-bond acceptors (Lipinski definition) is 1. The molecule has 0 aromatic carbocycles. The zero-order valence-electron chi connectivity index (χ0n) is 6.58. The molecule has 0 spiro atoms.